The van der Waals surface area contributed by atoms with Crippen molar-refractivity contribution in [3.05, 3.63) is 12.2 Å². The van der Waals surface area contributed by atoms with E-state index in [0.29, 0.717) is 0 Å². The molecule has 1 aliphatic rings. The molecule has 1 heteroatoms. The van der Waals surface area contributed by atoms with Gasteiger partial charge in [0.25, 0.3) is 0 Å². The van der Waals surface area contributed by atoms with E-state index in [4.69, 9.17) is 0 Å². The average Bonchev–Trinajstić information content (AvgIpc) is 2.13. The molecule has 0 heterocycles. The minimum absolute atomic E-state index is 0. The Morgan fingerprint density at radius 2 is 1.80 bits per heavy atom. The van der Waals surface area contributed by atoms with Crippen LogP contribution in [0.25, 0.3) is 0 Å². The van der Waals surface area contributed by atoms with Gasteiger partial charge in [-0.2, -0.15) is 0 Å². The fraction of sp³-hybridized carbons (Fsp3) is 0.778. The molecule has 0 unspecified atom stereocenters. The second-order valence-electron chi connectivity index (χ2n) is 2.90. The highest BCUT2D eigenvalue weighted by Crippen LogP contribution is 2.20. The lowest BCUT2D eigenvalue weighted by molar-refractivity contribution is 0.453. The molecule has 0 radical (unpaired) electrons. The summed E-state index contributed by atoms with van der Waals surface area (Å²) in [6.07, 6.45) is 11.5. The maximum absolute atomic E-state index is 2.33. The first kappa shape index (κ1) is 10.0. The molecular weight excluding hydrogens is 144 g/mol. The van der Waals surface area contributed by atoms with Crippen LogP contribution < -0.4 is 0 Å². The summed E-state index contributed by atoms with van der Waals surface area (Å²) in [7, 11) is 0. The summed E-state index contributed by atoms with van der Waals surface area (Å²) < 4.78 is 0. The van der Waals surface area contributed by atoms with Crippen molar-refractivity contribution in [1.82, 2.24) is 0 Å². The van der Waals surface area contributed by atoms with Crippen LogP contribution >= 0.6 is 12.4 Å². The maximum atomic E-state index is 2.33. The van der Waals surface area contributed by atoms with Gasteiger partial charge in [0, 0.05) is 1.43 Å². The van der Waals surface area contributed by atoms with E-state index in [-0.39, 0.29) is 13.8 Å². The van der Waals surface area contributed by atoms with Crippen LogP contribution in [-0.4, -0.2) is 0 Å². The molecule has 0 amide bonds. The molecule has 0 aromatic heterocycles. The third kappa shape index (κ3) is 3.26. The van der Waals surface area contributed by atoms with E-state index >= 15 is 0 Å². The largest absolute Gasteiger partial charge is 0.147 e. The molecule has 0 aliphatic heterocycles. The lowest BCUT2D eigenvalue weighted by atomic mass is 9.98. The van der Waals surface area contributed by atoms with Gasteiger partial charge in [-0.3, -0.25) is 0 Å². The van der Waals surface area contributed by atoms with Gasteiger partial charge in [-0.1, -0.05) is 25.5 Å². The van der Waals surface area contributed by atoms with E-state index < -0.39 is 0 Å². The standard InChI is InChI=1S/C9H16.ClH.H2/c1-2-9-7-5-3-4-6-8-9;;/h3-4,9H,2,5-8H2,1H3;2*1H. The first-order valence-corrected chi connectivity index (χ1v) is 4.08. The molecule has 0 nitrogen and oxygen atoms in total. The van der Waals surface area contributed by atoms with Gasteiger partial charge >= 0.3 is 0 Å². The van der Waals surface area contributed by atoms with Gasteiger partial charge in [-0.25, -0.2) is 0 Å². The quantitative estimate of drug-likeness (QED) is 0.515. The van der Waals surface area contributed by atoms with Crippen molar-refractivity contribution in [2.24, 2.45) is 5.92 Å². The average molecular weight is 163 g/mol. The SMILES string of the molecule is CCC1CCC=CCC1.Cl.[HH]. The molecule has 0 aromatic rings. The van der Waals surface area contributed by atoms with E-state index in [1.54, 1.807) is 0 Å². The molecule has 0 saturated carbocycles. The monoisotopic (exact) mass is 162 g/mol. The minimum atomic E-state index is 0. The number of halogens is 1. The highest BCUT2D eigenvalue weighted by atomic mass is 35.5. The van der Waals surface area contributed by atoms with Gasteiger partial charge in [0.1, 0.15) is 0 Å². The molecule has 1 aliphatic carbocycles. The van der Waals surface area contributed by atoms with E-state index in [0.717, 1.165) is 5.92 Å². The van der Waals surface area contributed by atoms with Crippen LogP contribution in [0.5, 0.6) is 0 Å². The van der Waals surface area contributed by atoms with Crippen molar-refractivity contribution in [2.45, 2.75) is 39.0 Å². The molecule has 0 saturated heterocycles. The Morgan fingerprint density at radius 3 is 2.20 bits per heavy atom. The van der Waals surface area contributed by atoms with Gasteiger partial charge in [-0.05, 0) is 31.6 Å². The molecule has 1 rings (SSSR count). The summed E-state index contributed by atoms with van der Waals surface area (Å²) in [5.41, 5.74) is 0. The van der Waals surface area contributed by atoms with Crippen molar-refractivity contribution in [3.63, 3.8) is 0 Å². The first-order chi connectivity index (χ1) is 4.43. The zero-order valence-corrected chi connectivity index (χ0v) is 7.49. The number of allylic oxidation sites excluding steroid dienone is 2. The fourth-order valence-electron chi connectivity index (χ4n) is 1.45. The van der Waals surface area contributed by atoms with Crippen LogP contribution in [0.3, 0.4) is 0 Å². The van der Waals surface area contributed by atoms with Crippen molar-refractivity contribution < 1.29 is 1.43 Å². The van der Waals surface area contributed by atoms with Crippen molar-refractivity contribution in [2.75, 3.05) is 0 Å². The summed E-state index contributed by atoms with van der Waals surface area (Å²) >= 11 is 0. The molecule has 62 valence electrons. The van der Waals surface area contributed by atoms with Crippen molar-refractivity contribution in [1.29, 1.82) is 0 Å². The molecule has 0 aromatic carbocycles. The maximum Gasteiger partial charge on any atom is 0 e. The predicted molar refractivity (Wildman–Crippen MR) is 50.8 cm³/mol. The smallest absolute Gasteiger partial charge is 0 e. The highest BCUT2D eigenvalue weighted by molar-refractivity contribution is 5.85. The van der Waals surface area contributed by atoms with Crippen molar-refractivity contribution in [3.8, 4) is 0 Å². The minimum Gasteiger partial charge on any atom is -0.147 e. The summed E-state index contributed by atoms with van der Waals surface area (Å²) in [6.45, 7) is 2.30. The van der Waals surface area contributed by atoms with Crippen molar-refractivity contribution >= 4 is 12.4 Å². The van der Waals surface area contributed by atoms with Gasteiger partial charge < -0.3 is 0 Å². The zero-order valence-electron chi connectivity index (χ0n) is 6.68. The zero-order chi connectivity index (χ0) is 6.53. The molecule has 0 N–H and O–H groups in total. The second-order valence-corrected chi connectivity index (χ2v) is 2.90. The van der Waals surface area contributed by atoms with Gasteiger partial charge in [0.15, 0.2) is 0 Å². The molecular formula is C9H19Cl. The van der Waals surface area contributed by atoms with E-state index in [1.165, 1.54) is 32.1 Å². The first-order valence-electron chi connectivity index (χ1n) is 4.08. The van der Waals surface area contributed by atoms with E-state index in [2.05, 4.69) is 19.1 Å². The molecule has 0 fully saturated rings. The predicted octanol–water partition coefficient (Wildman–Crippen LogP) is 3.81. The van der Waals surface area contributed by atoms with Crippen LogP contribution in [0.1, 0.15) is 40.5 Å². The fourth-order valence-corrected chi connectivity index (χ4v) is 1.45. The lowest BCUT2D eigenvalue weighted by Gasteiger charge is -2.08. The molecule has 0 bridgehead atoms. The van der Waals surface area contributed by atoms with E-state index in [1.807, 2.05) is 0 Å². The summed E-state index contributed by atoms with van der Waals surface area (Å²) in [4.78, 5) is 0. The lowest BCUT2D eigenvalue weighted by Crippen LogP contribution is -1.94. The Hall–Kier alpha value is 0.0300. The van der Waals surface area contributed by atoms with Gasteiger partial charge in [0.05, 0.1) is 0 Å². The number of hydrogen-bond donors (Lipinski definition) is 0. The van der Waals surface area contributed by atoms with Crippen LogP contribution in [0, 0.1) is 5.92 Å². The van der Waals surface area contributed by atoms with Gasteiger partial charge in [0.2, 0.25) is 0 Å². The number of hydrogen-bond acceptors (Lipinski definition) is 0. The third-order valence-electron chi connectivity index (χ3n) is 2.23. The van der Waals surface area contributed by atoms with Crippen LogP contribution in [0.15, 0.2) is 12.2 Å². The molecule has 10 heavy (non-hydrogen) atoms. The summed E-state index contributed by atoms with van der Waals surface area (Å²) in [5.74, 6) is 1.01. The third-order valence-corrected chi connectivity index (χ3v) is 2.23. The Labute approximate surface area is 71.6 Å². The molecule has 0 spiro atoms. The van der Waals surface area contributed by atoms with Gasteiger partial charge in [-0.15, -0.1) is 12.4 Å². The van der Waals surface area contributed by atoms with Crippen LogP contribution in [-0.2, 0) is 0 Å². The Morgan fingerprint density at radius 1 is 1.30 bits per heavy atom. The Bertz CT molecular complexity index is 91.7. The second kappa shape index (κ2) is 5.79. The number of rotatable bonds is 1. The topological polar surface area (TPSA) is 0 Å². The molecule has 0 atom stereocenters. The Kier molecular flexibility index (Phi) is 5.81. The normalized spacial score (nSPS) is 19.7. The Balaban J connectivity index is 0. The highest BCUT2D eigenvalue weighted by Gasteiger charge is 2.05. The summed E-state index contributed by atoms with van der Waals surface area (Å²) in [5, 5.41) is 0. The van der Waals surface area contributed by atoms with Crippen LogP contribution in [0.2, 0.25) is 0 Å². The summed E-state index contributed by atoms with van der Waals surface area (Å²) in [6, 6.07) is 0. The van der Waals surface area contributed by atoms with E-state index in [9.17, 15) is 0 Å². The van der Waals surface area contributed by atoms with Crippen LogP contribution in [0.4, 0.5) is 0 Å².